The molecule has 1 N–H and O–H groups in total. The lowest BCUT2D eigenvalue weighted by Gasteiger charge is -2.37. The number of carbonyl (C=O) groups is 1. The summed E-state index contributed by atoms with van der Waals surface area (Å²) in [5.41, 5.74) is 0. The van der Waals surface area contributed by atoms with Crippen LogP contribution in [0.4, 0.5) is 0 Å². The fraction of sp³-hybridized carbons (Fsp3) is 0.900. The number of amides is 1. The third kappa shape index (κ3) is 2.61. The Labute approximate surface area is 91.6 Å². The van der Waals surface area contributed by atoms with Crippen LogP contribution in [0.1, 0.15) is 32.1 Å². The van der Waals surface area contributed by atoms with Gasteiger partial charge in [0.05, 0.1) is 0 Å². The van der Waals surface area contributed by atoms with Gasteiger partial charge < -0.3 is 10.2 Å². The van der Waals surface area contributed by atoms with Crippen molar-refractivity contribution in [2.75, 3.05) is 19.6 Å². The molecule has 0 saturated carbocycles. The largest absolute Gasteiger partial charge is 0.338 e. The number of likely N-dealkylation sites (tertiary alicyclic amines) is 1. The van der Waals surface area contributed by atoms with Crippen molar-refractivity contribution in [1.82, 2.24) is 10.2 Å². The van der Waals surface area contributed by atoms with E-state index in [9.17, 15) is 4.79 Å². The van der Waals surface area contributed by atoms with Crippen molar-refractivity contribution in [1.29, 1.82) is 0 Å². The maximum atomic E-state index is 11.6. The molecule has 0 bridgehead atoms. The summed E-state index contributed by atoms with van der Waals surface area (Å²) >= 11 is 0. The van der Waals surface area contributed by atoms with Crippen LogP contribution in [0.25, 0.3) is 0 Å². The van der Waals surface area contributed by atoms with Gasteiger partial charge in [-0.05, 0) is 32.2 Å². The molecule has 2 saturated heterocycles. The minimum atomic E-state index is 0. The molecule has 1 atom stereocenters. The molecule has 0 spiro atoms. The van der Waals surface area contributed by atoms with E-state index in [-0.39, 0.29) is 12.4 Å². The molecule has 0 aromatic carbocycles. The van der Waals surface area contributed by atoms with Crippen LogP contribution in [0.5, 0.6) is 0 Å². The summed E-state index contributed by atoms with van der Waals surface area (Å²) in [5.74, 6) is 0.375. The lowest BCUT2D eigenvalue weighted by atomic mass is 10.0. The Morgan fingerprint density at radius 3 is 2.79 bits per heavy atom. The predicted molar refractivity (Wildman–Crippen MR) is 58.7 cm³/mol. The Morgan fingerprint density at radius 1 is 1.29 bits per heavy atom. The fourth-order valence-electron chi connectivity index (χ4n) is 2.31. The first-order valence-corrected chi connectivity index (χ1v) is 5.38. The van der Waals surface area contributed by atoms with Gasteiger partial charge in [-0.3, -0.25) is 4.79 Å². The zero-order valence-corrected chi connectivity index (χ0v) is 9.31. The molecule has 0 aromatic rings. The molecule has 0 aromatic heterocycles. The quantitative estimate of drug-likeness (QED) is 0.717. The molecule has 82 valence electrons. The molecule has 2 aliphatic heterocycles. The molecule has 0 radical (unpaired) electrons. The minimum Gasteiger partial charge on any atom is -0.338 e. The maximum absolute atomic E-state index is 11.6. The number of rotatable bonds is 1. The van der Waals surface area contributed by atoms with E-state index in [1.54, 1.807) is 0 Å². The number of piperidine rings is 2. The second kappa shape index (κ2) is 5.56. The highest BCUT2D eigenvalue weighted by Gasteiger charge is 2.26. The normalized spacial score (nSPS) is 28.4. The van der Waals surface area contributed by atoms with Crippen LogP contribution in [0, 0.1) is 0 Å². The van der Waals surface area contributed by atoms with E-state index in [0.717, 1.165) is 32.5 Å². The second-order valence-corrected chi connectivity index (χ2v) is 4.04. The Hall–Kier alpha value is -0.280. The molecule has 1 amide bonds. The van der Waals surface area contributed by atoms with Crippen molar-refractivity contribution in [3.05, 3.63) is 0 Å². The summed E-state index contributed by atoms with van der Waals surface area (Å²) in [6.45, 7) is 3.12. The summed E-state index contributed by atoms with van der Waals surface area (Å²) in [5, 5.41) is 3.36. The lowest BCUT2D eigenvalue weighted by molar-refractivity contribution is -0.136. The highest BCUT2D eigenvalue weighted by atomic mass is 35.5. The molecule has 4 heteroatoms. The molecule has 14 heavy (non-hydrogen) atoms. The van der Waals surface area contributed by atoms with Crippen LogP contribution in [0.2, 0.25) is 0 Å². The van der Waals surface area contributed by atoms with Crippen molar-refractivity contribution in [3.8, 4) is 0 Å². The number of hydrogen-bond donors (Lipinski definition) is 1. The summed E-state index contributed by atoms with van der Waals surface area (Å²) in [4.78, 5) is 13.7. The first-order valence-electron chi connectivity index (χ1n) is 5.38. The first kappa shape index (κ1) is 11.8. The highest BCUT2D eigenvalue weighted by Crippen LogP contribution is 2.17. The van der Waals surface area contributed by atoms with Crippen molar-refractivity contribution in [3.63, 3.8) is 0 Å². The number of nitrogens with one attached hydrogen (secondary N) is 1. The van der Waals surface area contributed by atoms with E-state index in [0.29, 0.717) is 11.9 Å². The van der Waals surface area contributed by atoms with Gasteiger partial charge in [0.2, 0.25) is 5.91 Å². The molecule has 3 nitrogen and oxygen atoms in total. The smallest absolute Gasteiger partial charge is 0.222 e. The number of halogens is 1. The van der Waals surface area contributed by atoms with E-state index in [1.165, 1.54) is 19.3 Å². The molecule has 0 aliphatic carbocycles. The molecule has 1 unspecified atom stereocenters. The van der Waals surface area contributed by atoms with Gasteiger partial charge in [-0.15, -0.1) is 12.4 Å². The van der Waals surface area contributed by atoms with Crippen LogP contribution >= 0.6 is 12.4 Å². The molecular formula is C10H19ClN2O. The third-order valence-electron chi connectivity index (χ3n) is 3.07. The standard InChI is InChI=1S/C10H18N2O.ClH/c13-10-5-1-2-7-12(10)9-4-3-6-11-8-9;/h9,11H,1-8H2;1H. The maximum Gasteiger partial charge on any atom is 0.222 e. The van der Waals surface area contributed by atoms with Gasteiger partial charge in [0.15, 0.2) is 0 Å². The second-order valence-electron chi connectivity index (χ2n) is 4.04. The van der Waals surface area contributed by atoms with Crippen molar-refractivity contribution < 1.29 is 4.79 Å². The number of nitrogens with zero attached hydrogens (tertiary/aromatic N) is 1. The number of carbonyl (C=O) groups excluding carboxylic acids is 1. The van der Waals surface area contributed by atoms with Gasteiger partial charge in [0.1, 0.15) is 0 Å². The van der Waals surface area contributed by atoms with Gasteiger partial charge in [0, 0.05) is 25.6 Å². The Kier molecular flexibility index (Phi) is 4.69. The highest BCUT2D eigenvalue weighted by molar-refractivity contribution is 5.85. The Balaban J connectivity index is 0.000000980. The van der Waals surface area contributed by atoms with E-state index in [1.807, 2.05) is 0 Å². The molecular weight excluding hydrogens is 200 g/mol. The van der Waals surface area contributed by atoms with Crippen LogP contribution in [-0.4, -0.2) is 36.5 Å². The third-order valence-corrected chi connectivity index (χ3v) is 3.07. The minimum absolute atomic E-state index is 0. The van der Waals surface area contributed by atoms with Crippen LogP contribution < -0.4 is 5.32 Å². The van der Waals surface area contributed by atoms with Crippen molar-refractivity contribution in [2.24, 2.45) is 0 Å². The zero-order chi connectivity index (χ0) is 9.10. The molecule has 2 heterocycles. The van der Waals surface area contributed by atoms with E-state index < -0.39 is 0 Å². The summed E-state index contributed by atoms with van der Waals surface area (Å²) < 4.78 is 0. The average Bonchev–Trinajstić information content (AvgIpc) is 2.20. The van der Waals surface area contributed by atoms with E-state index >= 15 is 0 Å². The van der Waals surface area contributed by atoms with E-state index in [2.05, 4.69) is 10.2 Å². The molecule has 2 fully saturated rings. The van der Waals surface area contributed by atoms with Crippen LogP contribution in [0.3, 0.4) is 0 Å². The number of hydrogen-bond acceptors (Lipinski definition) is 2. The van der Waals surface area contributed by atoms with Gasteiger partial charge >= 0.3 is 0 Å². The summed E-state index contributed by atoms with van der Waals surface area (Å²) in [6, 6.07) is 0.488. The summed E-state index contributed by atoms with van der Waals surface area (Å²) in [7, 11) is 0. The summed E-state index contributed by atoms with van der Waals surface area (Å²) in [6.07, 6.45) is 5.47. The fourth-order valence-corrected chi connectivity index (χ4v) is 2.31. The average molecular weight is 219 g/mol. The van der Waals surface area contributed by atoms with Gasteiger partial charge in [-0.1, -0.05) is 0 Å². The van der Waals surface area contributed by atoms with Crippen molar-refractivity contribution in [2.45, 2.75) is 38.1 Å². The first-order chi connectivity index (χ1) is 6.38. The van der Waals surface area contributed by atoms with Gasteiger partial charge in [-0.25, -0.2) is 0 Å². The van der Waals surface area contributed by atoms with Crippen LogP contribution in [-0.2, 0) is 4.79 Å². The predicted octanol–water partition coefficient (Wildman–Crippen LogP) is 1.17. The van der Waals surface area contributed by atoms with Crippen LogP contribution in [0.15, 0.2) is 0 Å². The van der Waals surface area contributed by atoms with Crippen molar-refractivity contribution >= 4 is 18.3 Å². The Bertz CT molecular complexity index is 193. The van der Waals surface area contributed by atoms with E-state index in [4.69, 9.17) is 0 Å². The van der Waals surface area contributed by atoms with Gasteiger partial charge in [-0.2, -0.15) is 0 Å². The zero-order valence-electron chi connectivity index (χ0n) is 8.50. The molecule has 2 rings (SSSR count). The van der Waals surface area contributed by atoms with Gasteiger partial charge in [0.25, 0.3) is 0 Å². The Morgan fingerprint density at radius 2 is 2.14 bits per heavy atom. The lowest BCUT2D eigenvalue weighted by Crippen LogP contribution is -2.50. The SMILES string of the molecule is Cl.O=C1CCCCN1C1CCCNC1. The molecule has 2 aliphatic rings. The topological polar surface area (TPSA) is 32.3 Å². The monoisotopic (exact) mass is 218 g/mol.